The molecule has 0 aromatic rings. The maximum Gasteiger partial charge on any atom is 0.302 e. The van der Waals surface area contributed by atoms with E-state index in [9.17, 15) is 9.59 Å². The van der Waals surface area contributed by atoms with E-state index in [1.807, 2.05) is 0 Å². The molecule has 0 heterocycles. The van der Waals surface area contributed by atoms with Gasteiger partial charge in [0.05, 0.1) is 0 Å². The van der Waals surface area contributed by atoms with Gasteiger partial charge in [-0.05, 0) is 115 Å². The first-order valence-electron chi connectivity index (χ1n) is 14.6. The molecular weight excluding hydrogens is 468 g/mol. The fourth-order valence-corrected chi connectivity index (χ4v) is 11.1. The third-order valence-corrected chi connectivity index (χ3v) is 14.0. The molecule has 5 aliphatic carbocycles. The summed E-state index contributed by atoms with van der Waals surface area (Å²) in [6, 6.07) is 0. The minimum Gasteiger partial charge on any atom is -0.462 e. The van der Waals surface area contributed by atoms with Crippen molar-refractivity contribution in [2.45, 2.75) is 126 Å². The summed E-state index contributed by atoms with van der Waals surface area (Å²) in [7, 11) is 0. The Kier molecular flexibility index (Phi) is 6.01. The van der Waals surface area contributed by atoms with Crippen molar-refractivity contribution in [2.75, 3.05) is 0 Å². The largest absolute Gasteiger partial charge is 0.462 e. The Hall–Kier alpha value is -0.830. The molecule has 9 atom stereocenters. The molecule has 0 bridgehead atoms. The van der Waals surface area contributed by atoms with Crippen molar-refractivity contribution in [3.63, 3.8) is 0 Å². The highest BCUT2D eigenvalue weighted by Gasteiger charge is 2.68. The van der Waals surface area contributed by atoms with E-state index in [-0.39, 0.29) is 44.4 Å². The van der Waals surface area contributed by atoms with Crippen LogP contribution in [0.4, 0.5) is 0 Å². The molecule has 4 saturated carbocycles. The van der Waals surface area contributed by atoms with Gasteiger partial charge in [0.15, 0.2) is 0 Å². The molecule has 0 aromatic heterocycles. The molecule has 5 unspecified atom stereocenters. The number of allylic oxidation sites excluding steroid dienone is 2. The maximum absolute atomic E-state index is 12.5. The van der Waals surface area contributed by atoms with Gasteiger partial charge < -0.3 is 4.74 Å². The fraction of sp³-hybridized carbons (Fsp3) is 0.875. The van der Waals surface area contributed by atoms with Gasteiger partial charge in [-0.1, -0.05) is 60.1 Å². The Bertz CT molecular complexity index is 999. The van der Waals surface area contributed by atoms with Crippen LogP contribution in [-0.2, 0) is 14.3 Å². The lowest BCUT2D eigenvalue weighted by Crippen LogP contribution is -2.64. The molecule has 5 rings (SSSR count). The topological polar surface area (TPSA) is 43.4 Å². The standard InChI is InChI=1S/C32H49ClO3/c1-20(34)36-25-12-13-30(6)23(27(25,2)3)11-14-32(8)24(30)10-9-21-22-19-29(5,26(33)35)16-15-28(22,4)17-18-31(21,32)7/h9,22-25H,10-19H2,1-8H3/t22?,23?,24-,25?,28+,29?,30?,31+,32+/m0/s1. The van der Waals surface area contributed by atoms with E-state index in [2.05, 4.69) is 54.5 Å². The van der Waals surface area contributed by atoms with Crippen molar-refractivity contribution < 1.29 is 14.3 Å². The Balaban J connectivity index is 1.53. The smallest absolute Gasteiger partial charge is 0.302 e. The van der Waals surface area contributed by atoms with E-state index in [0.717, 1.165) is 38.5 Å². The molecule has 4 fully saturated rings. The Labute approximate surface area is 224 Å². The summed E-state index contributed by atoms with van der Waals surface area (Å²) in [6.07, 6.45) is 13.8. The van der Waals surface area contributed by atoms with E-state index in [0.29, 0.717) is 17.8 Å². The van der Waals surface area contributed by atoms with Gasteiger partial charge in [-0.3, -0.25) is 9.59 Å². The molecular formula is C32H49ClO3. The van der Waals surface area contributed by atoms with Gasteiger partial charge in [0.2, 0.25) is 5.24 Å². The van der Waals surface area contributed by atoms with Crippen molar-refractivity contribution in [3.05, 3.63) is 11.6 Å². The van der Waals surface area contributed by atoms with Crippen LogP contribution in [0.1, 0.15) is 120 Å². The van der Waals surface area contributed by atoms with Crippen LogP contribution >= 0.6 is 11.6 Å². The number of carbonyl (C=O) groups excluding carboxylic acids is 2. The first kappa shape index (κ1) is 26.8. The van der Waals surface area contributed by atoms with E-state index < -0.39 is 5.41 Å². The monoisotopic (exact) mass is 516 g/mol. The molecule has 0 spiro atoms. The minimum atomic E-state index is -0.397. The Morgan fingerprint density at radius 1 is 0.889 bits per heavy atom. The first-order chi connectivity index (χ1) is 16.5. The van der Waals surface area contributed by atoms with E-state index >= 15 is 0 Å². The zero-order valence-electron chi connectivity index (χ0n) is 24.1. The van der Waals surface area contributed by atoms with Crippen LogP contribution in [-0.4, -0.2) is 17.3 Å². The van der Waals surface area contributed by atoms with Crippen LogP contribution in [0.2, 0.25) is 0 Å². The molecule has 0 amide bonds. The highest BCUT2D eigenvalue weighted by molar-refractivity contribution is 6.64. The summed E-state index contributed by atoms with van der Waals surface area (Å²) < 4.78 is 5.89. The number of halogens is 1. The first-order valence-corrected chi connectivity index (χ1v) is 15.0. The average molecular weight is 517 g/mol. The van der Waals surface area contributed by atoms with Crippen LogP contribution in [0.15, 0.2) is 11.6 Å². The van der Waals surface area contributed by atoms with E-state index in [4.69, 9.17) is 16.3 Å². The number of carbonyl (C=O) groups is 2. The summed E-state index contributed by atoms with van der Waals surface area (Å²) in [4.78, 5) is 24.4. The lowest BCUT2D eigenvalue weighted by Gasteiger charge is -2.71. The summed E-state index contributed by atoms with van der Waals surface area (Å²) in [6.45, 7) is 18.6. The van der Waals surface area contributed by atoms with Crippen LogP contribution in [0, 0.1) is 50.2 Å². The highest BCUT2D eigenvalue weighted by atomic mass is 35.5. The second kappa shape index (κ2) is 8.09. The second-order valence-corrected chi connectivity index (χ2v) is 15.8. The molecule has 0 aromatic carbocycles. The Morgan fingerprint density at radius 2 is 1.56 bits per heavy atom. The molecule has 0 saturated heterocycles. The fourth-order valence-electron chi connectivity index (χ4n) is 10.9. The maximum atomic E-state index is 12.5. The number of hydrogen-bond acceptors (Lipinski definition) is 3. The molecule has 202 valence electrons. The summed E-state index contributed by atoms with van der Waals surface area (Å²) in [5, 5.41) is -0.142. The number of ether oxygens (including phenoxy) is 1. The molecule has 4 heteroatoms. The molecule has 3 nitrogen and oxygen atoms in total. The summed E-state index contributed by atoms with van der Waals surface area (Å²) >= 11 is 6.20. The van der Waals surface area contributed by atoms with Crippen molar-refractivity contribution in [1.29, 1.82) is 0 Å². The van der Waals surface area contributed by atoms with Crippen LogP contribution in [0.25, 0.3) is 0 Å². The zero-order valence-corrected chi connectivity index (χ0v) is 24.8. The molecule has 0 N–H and O–H groups in total. The van der Waals surface area contributed by atoms with Crippen molar-refractivity contribution in [3.8, 4) is 0 Å². The molecule has 36 heavy (non-hydrogen) atoms. The molecule has 0 aliphatic heterocycles. The lowest BCUT2D eigenvalue weighted by molar-refractivity contribution is -0.211. The lowest BCUT2D eigenvalue weighted by atomic mass is 9.33. The van der Waals surface area contributed by atoms with Crippen LogP contribution in [0.5, 0.6) is 0 Å². The van der Waals surface area contributed by atoms with Gasteiger partial charge in [-0.25, -0.2) is 0 Å². The SMILES string of the molecule is CC(=O)OC1CCC2(C)C(CC[C@]3(C)[C@H]2CC=C2C4CC(C)(C(=O)Cl)CC[C@]4(C)CC[C@]23C)C1(C)C. The van der Waals surface area contributed by atoms with Crippen molar-refractivity contribution >= 4 is 22.8 Å². The van der Waals surface area contributed by atoms with E-state index in [1.165, 1.54) is 25.7 Å². The second-order valence-electron chi connectivity index (χ2n) is 15.5. The summed E-state index contributed by atoms with van der Waals surface area (Å²) in [5.74, 6) is 1.50. The zero-order chi connectivity index (χ0) is 26.5. The predicted molar refractivity (Wildman–Crippen MR) is 145 cm³/mol. The Morgan fingerprint density at radius 3 is 2.19 bits per heavy atom. The number of rotatable bonds is 2. The van der Waals surface area contributed by atoms with Gasteiger partial charge >= 0.3 is 5.97 Å². The van der Waals surface area contributed by atoms with Gasteiger partial charge in [0.25, 0.3) is 0 Å². The van der Waals surface area contributed by atoms with Crippen LogP contribution in [0.3, 0.4) is 0 Å². The van der Waals surface area contributed by atoms with Gasteiger partial charge in [0.1, 0.15) is 6.10 Å². The van der Waals surface area contributed by atoms with Gasteiger partial charge in [0, 0.05) is 17.8 Å². The number of fused-ring (bicyclic) bond motifs is 7. The van der Waals surface area contributed by atoms with Crippen LogP contribution < -0.4 is 0 Å². The normalized spacial score (nSPS) is 51.5. The minimum absolute atomic E-state index is 0.0120. The summed E-state index contributed by atoms with van der Waals surface area (Å²) in [5.41, 5.74) is 2.19. The average Bonchev–Trinajstić information content (AvgIpc) is 2.77. The van der Waals surface area contributed by atoms with Crippen molar-refractivity contribution in [2.24, 2.45) is 50.2 Å². The molecule has 0 radical (unpaired) electrons. The predicted octanol–water partition coefficient (Wildman–Crippen LogP) is 8.49. The number of esters is 1. The highest BCUT2D eigenvalue weighted by Crippen LogP contribution is 2.75. The van der Waals surface area contributed by atoms with Gasteiger partial charge in [-0.15, -0.1) is 0 Å². The van der Waals surface area contributed by atoms with Crippen molar-refractivity contribution in [1.82, 2.24) is 0 Å². The molecule has 5 aliphatic rings. The van der Waals surface area contributed by atoms with E-state index in [1.54, 1.807) is 12.5 Å². The third-order valence-electron chi connectivity index (χ3n) is 13.6. The quantitative estimate of drug-likeness (QED) is 0.210. The third kappa shape index (κ3) is 3.42. The van der Waals surface area contributed by atoms with Gasteiger partial charge in [-0.2, -0.15) is 0 Å². The number of hydrogen-bond donors (Lipinski definition) is 0.